The lowest BCUT2D eigenvalue weighted by Gasteiger charge is -2.27. The number of fused-ring (bicyclic) bond motifs is 3. The number of carboxylic acids is 1. The molecule has 0 aromatic heterocycles. The maximum atomic E-state index is 12.0. The summed E-state index contributed by atoms with van der Waals surface area (Å²) in [6.07, 6.45) is 2.08. The topological polar surface area (TPSA) is 105 Å². The average Bonchev–Trinajstić information content (AvgIpc) is 2.94. The summed E-state index contributed by atoms with van der Waals surface area (Å²) in [6.45, 7) is 5.83. The number of ether oxygens (including phenoxy) is 2. The van der Waals surface area contributed by atoms with Gasteiger partial charge in [0.1, 0.15) is 11.9 Å². The quantitative estimate of drug-likeness (QED) is 0.798. The zero-order valence-corrected chi connectivity index (χ0v) is 14.7. The van der Waals surface area contributed by atoms with Gasteiger partial charge < -0.3 is 24.8 Å². The summed E-state index contributed by atoms with van der Waals surface area (Å²) in [7, 11) is 0. The Balaban J connectivity index is 1.81. The standard InChI is InChI=1S/C18H20N2O6/c1-18(2,3)26-17(24)19-11-5-12-9-25-15-6-13(16(22)23)10(8-21)4-14(15)20(12)7-11/h4,6,8-9,11H,5,7H2,1-3H3,(H,19,24)(H,22,23)/t11-/m0/s1. The minimum Gasteiger partial charge on any atom is -0.478 e. The number of amides is 1. The molecule has 0 aliphatic carbocycles. The third-order valence-electron chi connectivity index (χ3n) is 4.03. The molecule has 8 heteroatoms. The Labute approximate surface area is 150 Å². The van der Waals surface area contributed by atoms with Crippen LogP contribution in [0.3, 0.4) is 0 Å². The van der Waals surface area contributed by atoms with E-state index in [1.807, 2.05) is 4.90 Å². The number of aldehydes is 1. The number of carbonyl (C=O) groups excluding carboxylic acids is 2. The molecule has 0 saturated carbocycles. The van der Waals surface area contributed by atoms with Gasteiger partial charge in [-0.05, 0) is 32.9 Å². The van der Waals surface area contributed by atoms with E-state index in [0.29, 0.717) is 30.7 Å². The van der Waals surface area contributed by atoms with Crippen LogP contribution in [-0.4, -0.2) is 41.6 Å². The predicted molar refractivity (Wildman–Crippen MR) is 92.6 cm³/mol. The van der Waals surface area contributed by atoms with Gasteiger partial charge in [0.15, 0.2) is 12.0 Å². The van der Waals surface area contributed by atoms with Gasteiger partial charge in [0, 0.05) is 18.5 Å². The molecule has 2 N–H and O–H groups in total. The van der Waals surface area contributed by atoms with E-state index in [0.717, 1.165) is 5.70 Å². The number of benzene rings is 1. The maximum absolute atomic E-state index is 12.0. The van der Waals surface area contributed by atoms with E-state index in [4.69, 9.17) is 9.47 Å². The fraction of sp³-hybridized carbons (Fsp3) is 0.389. The molecule has 3 rings (SSSR count). The number of anilines is 1. The first-order valence-electron chi connectivity index (χ1n) is 8.17. The smallest absolute Gasteiger partial charge is 0.407 e. The van der Waals surface area contributed by atoms with E-state index in [1.54, 1.807) is 20.8 Å². The number of carbonyl (C=O) groups is 3. The van der Waals surface area contributed by atoms with Crippen LogP contribution in [0.5, 0.6) is 5.75 Å². The van der Waals surface area contributed by atoms with Gasteiger partial charge >= 0.3 is 12.1 Å². The molecule has 1 saturated heterocycles. The van der Waals surface area contributed by atoms with Crippen molar-refractivity contribution in [3.63, 3.8) is 0 Å². The lowest BCUT2D eigenvalue weighted by Crippen LogP contribution is -2.40. The molecule has 26 heavy (non-hydrogen) atoms. The average molecular weight is 360 g/mol. The Morgan fingerprint density at radius 2 is 2.12 bits per heavy atom. The summed E-state index contributed by atoms with van der Waals surface area (Å²) in [5.41, 5.74) is 0.807. The number of hydrogen-bond acceptors (Lipinski definition) is 6. The molecule has 1 aromatic carbocycles. The second-order valence-corrected chi connectivity index (χ2v) is 7.22. The molecule has 1 fully saturated rings. The summed E-state index contributed by atoms with van der Waals surface area (Å²) >= 11 is 0. The maximum Gasteiger partial charge on any atom is 0.407 e. The van der Waals surface area contributed by atoms with E-state index in [9.17, 15) is 19.5 Å². The predicted octanol–water partition coefficient (Wildman–Crippen LogP) is 2.53. The highest BCUT2D eigenvalue weighted by molar-refractivity contribution is 5.99. The fourth-order valence-corrected chi connectivity index (χ4v) is 3.00. The van der Waals surface area contributed by atoms with Crippen molar-refractivity contribution in [1.29, 1.82) is 0 Å². The molecule has 138 valence electrons. The zero-order chi connectivity index (χ0) is 19.1. The molecule has 0 spiro atoms. The van der Waals surface area contributed by atoms with Crippen LogP contribution < -0.4 is 15.0 Å². The minimum atomic E-state index is -1.20. The van der Waals surface area contributed by atoms with Crippen molar-refractivity contribution in [2.45, 2.75) is 38.8 Å². The lowest BCUT2D eigenvalue weighted by molar-refractivity contribution is 0.0508. The van der Waals surface area contributed by atoms with Crippen molar-refractivity contribution in [2.75, 3.05) is 11.4 Å². The summed E-state index contributed by atoms with van der Waals surface area (Å²) < 4.78 is 10.8. The summed E-state index contributed by atoms with van der Waals surface area (Å²) in [5, 5.41) is 12.0. The first-order valence-corrected chi connectivity index (χ1v) is 8.17. The Bertz CT molecular complexity index is 809. The van der Waals surface area contributed by atoms with Crippen LogP contribution in [-0.2, 0) is 4.74 Å². The lowest BCUT2D eigenvalue weighted by atomic mass is 10.1. The Kier molecular flexibility index (Phi) is 4.35. The highest BCUT2D eigenvalue weighted by atomic mass is 16.6. The van der Waals surface area contributed by atoms with E-state index < -0.39 is 17.7 Å². The van der Waals surface area contributed by atoms with E-state index in [2.05, 4.69) is 5.32 Å². The first kappa shape index (κ1) is 17.8. The molecular weight excluding hydrogens is 340 g/mol. The summed E-state index contributed by atoms with van der Waals surface area (Å²) in [6, 6.07) is 2.64. The second kappa shape index (κ2) is 6.36. The monoisotopic (exact) mass is 360 g/mol. The largest absolute Gasteiger partial charge is 0.478 e. The first-order chi connectivity index (χ1) is 12.2. The Morgan fingerprint density at radius 3 is 2.73 bits per heavy atom. The van der Waals surface area contributed by atoms with Gasteiger partial charge in [0.2, 0.25) is 0 Å². The van der Waals surface area contributed by atoms with Gasteiger partial charge in [-0.1, -0.05) is 0 Å². The van der Waals surface area contributed by atoms with Crippen molar-refractivity contribution in [2.24, 2.45) is 0 Å². The van der Waals surface area contributed by atoms with E-state index >= 15 is 0 Å². The number of carboxylic acid groups (broad SMARTS) is 1. The molecule has 1 amide bonds. The molecule has 1 atom stereocenters. The number of nitrogens with zero attached hydrogens (tertiary/aromatic N) is 1. The summed E-state index contributed by atoms with van der Waals surface area (Å²) in [5.74, 6) is -0.839. The van der Waals surface area contributed by atoms with Crippen LogP contribution >= 0.6 is 0 Å². The molecule has 2 aliphatic heterocycles. The number of alkyl carbamates (subject to hydrolysis) is 1. The van der Waals surface area contributed by atoms with E-state index in [-0.39, 0.29) is 17.2 Å². The van der Waals surface area contributed by atoms with E-state index in [1.165, 1.54) is 18.4 Å². The SMILES string of the molecule is CC(C)(C)OC(=O)N[C@H]1CC2=COc3cc(C(=O)O)c(C=O)cc3N2C1. The Morgan fingerprint density at radius 1 is 1.38 bits per heavy atom. The van der Waals surface area contributed by atoms with Gasteiger partial charge in [0.05, 0.1) is 23.0 Å². The number of aromatic carboxylic acids is 1. The Hall–Kier alpha value is -3.03. The van der Waals surface area contributed by atoms with Crippen LogP contribution in [0.2, 0.25) is 0 Å². The van der Waals surface area contributed by atoms with Crippen molar-refractivity contribution in [3.05, 3.63) is 35.2 Å². The third-order valence-corrected chi connectivity index (χ3v) is 4.03. The minimum absolute atomic E-state index is 0.0738. The molecule has 0 unspecified atom stereocenters. The number of nitrogens with one attached hydrogen (secondary N) is 1. The van der Waals surface area contributed by atoms with Crippen molar-refractivity contribution < 1.29 is 29.0 Å². The zero-order valence-electron chi connectivity index (χ0n) is 14.7. The molecule has 1 aromatic rings. The fourth-order valence-electron chi connectivity index (χ4n) is 3.00. The molecule has 8 nitrogen and oxygen atoms in total. The highest BCUT2D eigenvalue weighted by Crippen LogP contribution is 2.41. The van der Waals surface area contributed by atoms with Crippen molar-refractivity contribution >= 4 is 24.0 Å². The van der Waals surface area contributed by atoms with Crippen LogP contribution in [0, 0.1) is 0 Å². The van der Waals surface area contributed by atoms with Crippen LogP contribution in [0.1, 0.15) is 47.9 Å². The molecular formula is C18H20N2O6. The van der Waals surface area contributed by atoms with Crippen molar-refractivity contribution in [1.82, 2.24) is 5.32 Å². The van der Waals surface area contributed by atoms with Gasteiger partial charge in [-0.3, -0.25) is 4.79 Å². The molecule has 2 aliphatic rings. The van der Waals surface area contributed by atoms with Gasteiger partial charge in [0.25, 0.3) is 0 Å². The van der Waals surface area contributed by atoms with Crippen LogP contribution in [0.25, 0.3) is 0 Å². The molecule has 0 radical (unpaired) electrons. The third kappa shape index (κ3) is 3.49. The number of hydrogen-bond donors (Lipinski definition) is 2. The van der Waals surface area contributed by atoms with Gasteiger partial charge in [-0.25, -0.2) is 9.59 Å². The summed E-state index contributed by atoms with van der Waals surface area (Å²) in [4.78, 5) is 36.4. The van der Waals surface area contributed by atoms with Gasteiger partial charge in [-0.2, -0.15) is 0 Å². The second-order valence-electron chi connectivity index (χ2n) is 7.22. The molecule has 2 heterocycles. The van der Waals surface area contributed by atoms with Gasteiger partial charge in [-0.15, -0.1) is 0 Å². The van der Waals surface area contributed by atoms with Crippen molar-refractivity contribution in [3.8, 4) is 5.75 Å². The highest BCUT2D eigenvalue weighted by Gasteiger charge is 2.34. The van der Waals surface area contributed by atoms with Crippen LogP contribution in [0.4, 0.5) is 10.5 Å². The normalized spacial score (nSPS) is 18.2. The number of rotatable bonds is 3. The van der Waals surface area contributed by atoms with Crippen LogP contribution in [0.15, 0.2) is 24.1 Å². The molecule has 0 bridgehead atoms.